The number of anilines is 1. The predicted molar refractivity (Wildman–Crippen MR) is 64.7 cm³/mol. The van der Waals surface area contributed by atoms with Gasteiger partial charge in [-0.2, -0.15) is 0 Å². The van der Waals surface area contributed by atoms with Gasteiger partial charge in [-0.1, -0.05) is 11.6 Å². The Morgan fingerprint density at radius 2 is 2.11 bits per heavy atom. The Labute approximate surface area is 108 Å². The molecule has 0 saturated heterocycles. The molecule has 1 atom stereocenters. The number of hydrogen-bond donors (Lipinski definition) is 3. The van der Waals surface area contributed by atoms with Crippen LogP contribution < -0.4 is 10.6 Å². The van der Waals surface area contributed by atoms with Crippen molar-refractivity contribution in [1.82, 2.24) is 5.32 Å². The number of amides is 2. The highest BCUT2D eigenvalue weighted by Crippen LogP contribution is 2.22. The molecule has 1 aromatic carbocycles. The summed E-state index contributed by atoms with van der Waals surface area (Å²) in [4.78, 5) is 22.8. The van der Waals surface area contributed by atoms with E-state index < -0.39 is 23.7 Å². The zero-order valence-corrected chi connectivity index (χ0v) is 10.3. The van der Waals surface area contributed by atoms with E-state index in [9.17, 15) is 14.0 Å². The highest BCUT2D eigenvalue weighted by molar-refractivity contribution is 6.41. The molecule has 5 nitrogen and oxygen atoms in total. The van der Waals surface area contributed by atoms with Crippen LogP contribution in [0.2, 0.25) is 5.02 Å². The lowest BCUT2D eigenvalue weighted by molar-refractivity contribution is -0.136. The van der Waals surface area contributed by atoms with E-state index in [-0.39, 0.29) is 17.3 Å². The van der Waals surface area contributed by atoms with Crippen LogP contribution in [0.5, 0.6) is 0 Å². The molecule has 0 saturated carbocycles. The molecule has 3 N–H and O–H groups in total. The number of benzene rings is 1. The molecule has 1 aromatic rings. The van der Waals surface area contributed by atoms with Gasteiger partial charge in [0.05, 0.1) is 17.3 Å². The average molecular weight is 275 g/mol. The van der Waals surface area contributed by atoms with Crippen molar-refractivity contribution < 1.29 is 19.1 Å². The second kappa shape index (κ2) is 6.32. The number of carbonyl (C=O) groups is 2. The van der Waals surface area contributed by atoms with Gasteiger partial charge in [0.1, 0.15) is 5.82 Å². The van der Waals surface area contributed by atoms with Crippen LogP contribution in [0.15, 0.2) is 18.2 Å². The molecule has 0 aromatic heterocycles. The van der Waals surface area contributed by atoms with E-state index in [1.165, 1.54) is 13.0 Å². The zero-order chi connectivity index (χ0) is 13.7. The second-order valence-electron chi connectivity index (χ2n) is 3.64. The summed E-state index contributed by atoms with van der Waals surface area (Å²) >= 11 is 5.72. The fourth-order valence-electron chi connectivity index (χ4n) is 1.11. The Morgan fingerprint density at radius 3 is 2.72 bits per heavy atom. The van der Waals surface area contributed by atoms with Crippen molar-refractivity contribution in [2.24, 2.45) is 0 Å². The lowest BCUT2D eigenvalue weighted by atomic mass is 10.3. The molecule has 0 aliphatic rings. The van der Waals surface area contributed by atoms with Gasteiger partial charge in [0.15, 0.2) is 0 Å². The predicted octanol–water partition coefficient (Wildman–Crippen LogP) is 0.915. The SMILES string of the molecule is CC(CO)NC(=O)C(=O)Nc1cc(F)ccc1Cl. The van der Waals surface area contributed by atoms with Gasteiger partial charge in [0.2, 0.25) is 0 Å². The van der Waals surface area contributed by atoms with Crippen molar-refractivity contribution in [3.63, 3.8) is 0 Å². The Bertz CT molecular complexity index is 468. The third kappa shape index (κ3) is 3.97. The fourth-order valence-corrected chi connectivity index (χ4v) is 1.27. The summed E-state index contributed by atoms with van der Waals surface area (Å²) in [5.41, 5.74) is 0.00784. The molecule has 7 heteroatoms. The highest BCUT2D eigenvalue weighted by Gasteiger charge is 2.17. The maximum atomic E-state index is 12.9. The number of rotatable bonds is 3. The van der Waals surface area contributed by atoms with Crippen molar-refractivity contribution in [1.29, 1.82) is 0 Å². The molecule has 0 bridgehead atoms. The van der Waals surface area contributed by atoms with E-state index in [4.69, 9.17) is 16.7 Å². The molecule has 1 rings (SSSR count). The lowest BCUT2D eigenvalue weighted by Gasteiger charge is -2.11. The Kier molecular flexibility index (Phi) is 5.06. The fraction of sp³-hybridized carbons (Fsp3) is 0.273. The zero-order valence-electron chi connectivity index (χ0n) is 9.54. The summed E-state index contributed by atoms with van der Waals surface area (Å²) in [6, 6.07) is 2.85. The Morgan fingerprint density at radius 1 is 1.44 bits per heavy atom. The Hall–Kier alpha value is -1.66. The van der Waals surface area contributed by atoms with Gasteiger partial charge < -0.3 is 15.7 Å². The van der Waals surface area contributed by atoms with Gasteiger partial charge in [-0.05, 0) is 25.1 Å². The molecule has 0 radical (unpaired) electrons. The number of halogens is 2. The van der Waals surface area contributed by atoms with E-state index in [0.717, 1.165) is 12.1 Å². The normalized spacial score (nSPS) is 11.8. The summed E-state index contributed by atoms with van der Waals surface area (Å²) in [6.07, 6.45) is 0. The van der Waals surface area contributed by atoms with Gasteiger partial charge in [-0.15, -0.1) is 0 Å². The first-order valence-corrected chi connectivity index (χ1v) is 5.49. The molecule has 0 aliphatic carbocycles. The van der Waals surface area contributed by atoms with Crippen LogP contribution in [0.25, 0.3) is 0 Å². The van der Waals surface area contributed by atoms with Gasteiger partial charge in [-0.25, -0.2) is 4.39 Å². The summed E-state index contributed by atoms with van der Waals surface area (Å²) in [6.45, 7) is 1.24. The largest absolute Gasteiger partial charge is 0.394 e. The van der Waals surface area contributed by atoms with Crippen LogP contribution >= 0.6 is 11.6 Å². The molecular formula is C11H12ClFN2O3. The van der Waals surface area contributed by atoms with Crippen molar-refractivity contribution >= 4 is 29.1 Å². The summed E-state index contributed by atoms with van der Waals surface area (Å²) < 4.78 is 12.9. The van der Waals surface area contributed by atoms with E-state index in [0.29, 0.717) is 0 Å². The van der Waals surface area contributed by atoms with Crippen LogP contribution in [-0.2, 0) is 9.59 Å². The highest BCUT2D eigenvalue weighted by atomic mass is 35.5. The van der Waals surface area contributed by atoms with Crippen LogP contribution in [0, 0.1) is 5.82 Å². The molecule has 2 amide bonds. The molecule has 0 heterocycles. The van der Waals surface area contributed by atoms with E-state index in [2.05, 4.69) is 10.6 Å². The summed E-state index contributed by atoms with van der Waals surface area (Å²) in [5.74, 6) is -2.50. The number of hydrogen-bond acceptors (Lipinski definition) is 3. The van der Waals surface area contributed by atoms with E-state index >= 15 is 0 Å². The molecule has 0 fully saturated rings. The topological polar surface area (TPSA) is 78.4 Å². The van der Waals surface area contributed by atoms with Gasteiger partial charge >= 0.3 is 11.8 Å². The van der Waals surface area contributed by atoms with Crippen molar-refractivity contribution in [3.05, 3.63) is 29.0 Å². The third-order valence-corrected chi connectivity index (χ3v) is 2.36. The molecule has 18 heavy (non-hydrogen) atoms. The molecule has 0 aliphatic heterocycles. The number of nitrogens with one attached hydrogen (secondary N) is 2. The third-order valence-electron chi connectivity index (χ3n) is 2.03. The van der Waals surface area contributed by atoms with Crippen LogP contribution in [-0.4, -0.2) is 29.6 Å². The quantitative estimate of drug-likeness (QED) is 0.717. The number of carbonyl (C=O) groups excluding carboxylic acids is 2. The van der Waals surface area contributed by atoms with Crippen molar-refractivity contribution in [2.45, 2.75) is 13.0 Å². The molecular weight excluding hydrogens is 263 g/mol. The lowest BCUT2D eigenvalue weighted by Crippen LogP contribution is -2.42. The molecule has 0 spiro atoms. The minimum absolute atomic E-state index is 0.00784. The summed E-state index contributed by atoms with van der Waals surface area (Å²) in [5, 5.41) is 13.3. The first-order chi connectivity index (χ1) is 8.43. The maximum absolute atomic E-state index is 12.9. The van der Waals surface area contributed by atoms with E-state index in [1.807, 2.05) is 0 Å². The number of aliphatic hydroxyl groups is 1. The van der Waals surface area contributed by atoms with Gasteiger partial charge in [0, 0.05) is 6.04 Å². The molecule has 98 valence electrons. The summed E-state index contributed by atoms with van der Waals surface area (Å²) in [7, 11) is 0. The average Bonchev–Trinajstić information content (AvgIpc) is 2.33. The first kappa shape index (κ1) is 14.4. The molecule has 1 unspecified atom stereocenters. The van der Waals surface area contributed by atoms with Crippen LogP contribution in [0.4, 0.5) is 10.1 Å². The standard InChI is InChI=1S/C11H12ClFN2O3/c1-6(5-16)14-10(17)11(18)15-9-4-7(13)2-3-8(9)12/h2-4,6,16H,5H2,1H3,(H,14,17)(H,15,18). The van der Waals surface area contributed by atoms with E-state index in [1.54, 1.807) is 0 Å². The maximum Gasteiger partial charge on any atom is 0.313 e. The first-order valence-electron chi connectivity index (χ1n) is 5.11. The van der Waals surface area contributed by atoms with Gasteiger partial charge in [-0.3, -0.25) is 9.59 Å². The van der Waals surface area contributed by atoms with Crippen molar-refractivity contribution in [2.75, 3.05) is 11.9 Å². The minimum Gasteiger partial charge on any atom is -0.394 e. The van der Waals surface area contributed by atoms with Crippen LogP contribution in [0.3, 0.4) is 0 Å². The van der Waals surface area contributed by atoms with Crippen molar-refractivity contribution in [3.8, 4) is 0 Å². The van der Waals surface area contributed by atoms with Gasteiger partial charge in [0.25, 0.3) is 0 Å². The second-order valence-corrected chi connectivity index (χ2v) is 4.04. The number of aliphatic hydroxyl groups excluding tert-OH is 1. The smallest absolute Gasteiger partial charge is 0.313 e. The monoisotopic (exact) mass is 274 g/mol. The Balaban J connectivity index is 2.69. The van der Waals surface area contributed by atoms with Crippen LogP contribution in [0.1, 0.15) is 6.92 Å². The minimum atomic E-state index is -0.984.